The zero-order valence-corrected chi connectivity index (χ0v) is 19.7. The first-order valence-electron chi connectivity index (χ1n) is 12.8. The smallest absolute Gasteiger partial charge is 0.131 e. The largest absolute Gasteiger partial charge is 0.489 e. The average molecular weight is 443 g/mol. The number of rotatable bonds is 6. The van der Waals surface area contributed by atoms with Gasteiger partial charge in [0, 0.05) is 5.56 Å². The summed E-state index contributed by atoms with van der Waals surface area (Å²) in [7, 11) is 0. The van der Waals surface area contributed by atoms with Gasteiger partial charge in [0.2, 0.25) is 0 Å². The Morgan fingerprint density at radius 3 is 2.33 bits per heavy atom. The molecule has 0 amide bonds. The van der Waals surface area contributed by atoms with E-state index < -0.39 is 0 Å². The molecule has 1 nitrogen and oxygen atoms in total. The first-order chi connectivity index (χ1) is 16.2. The molecule has 0 N–H and O–H groups in total. The summed E-state index contributed by atoms with van der Waals surface area (Å²) in [5.74, 6) is 3.90. The molecule has 0 spiro atoms. The standard InChI is InChI=1S/C31H35FO/c1-2-22-8-9-26-19-27(11-10-25(26)18-22)28-14-17-30(31(32)20-28)24-12-15-29(16-13-24)33-21-23-6-4-3-5-7-23/h3-7,12-17,20,22,25-27H,2,8-11,18-19,21H2,1H3. The van der Waals surface area contributed by atoms with Crippen LogP contribution in [0.3, 0.4) is 0 Å². The first kappa shape index (κ1) is 22.2. The van der Waals surface area contributed by atoms with Crippen molar-refractivity contribution in [3.05, 3.63) is 89.7 Å². The lowest BCUT2D eigenvalue weighted by molar-refractivity contribution is 0.116. The third-order valence-corrected chi connectivity index (χ3v) is 8.18. The van der Waals surface area contributed by atoms with E-state index in [2.05, 4.69) is 13.0 Å². The number of halogens is 1. The Labute approximate surface area is 198 Å². The van der Waals surface area contributed by atoms with Crippen LogP contribution >= 0.6 is 0 Å². The van der Waals surface area contributed by atoms with Crippen molar-refractivity contribution in [2.24, 2.45) is 17.8 Å². The van der Waals surface area contributed by atoms with Gasteiger partial charge >= 0.3 is 0 Å². The molecule has 0 bridgehead atoms. The van der Waals surface area contributed by atoms with Crippen molar-refractivity contribution in [1.29, 1.82) is 0 Å². The van der Waals surface area contributed by atoms with Gasteiger partial charge in [-0.15, -0.1) is 0 Å². The highest BCUT2D eigenvalue weighted by Crippen LogP contribution is 2.48. The van der Waals surface area contributed by atoms with E-state index in [1.54, 1.807) is 6.07 Å². The van der Waals surface area contributed by atoms with Crippen LogP contribution in [0.15, 0.2) is 72.8 Å². The highest BCUT2D eigenvalue weighted by atomic mass is 19.1. The molecule has 4 unspecified atom stereocenters. The van der Waals surface area contributed by atoms with E-state index in [4.69, 9.17) is 4.74 Å². The summed E-state index contributed by atoms with van der Waals surface area (Å²) >= 11 is 0. The lowest BCUT2D eigenvalue weighted by Crippen LogP contribution is -2.30. The van der Waals surface area contributed by atoms with Gasteiger partial charge in [0.25, 0.3) is 0 Å². The third-order valence-electron chi connectivity index (χ3n) is 8.18. The van der Waals surface area contributed by atoms with E-state index >= 15 is 4.39 Å². The second-order valence-corrected chi connectivity index (χ2v) is 10.2. The second kappa shape index (κ2) is 10.1. The molecule has 0 saturated heterocycles. The Bertz CT molecular complexity index is 1040. The maximum absolute atomic E-state index is 15.2. The molecule has 3 aromatic carbocycles. The van der Waals surface area contributed by atoms with Crippen LogP contribution in [0.4, 0.5) is 4.39 Å². The van der Waals surface area contributed by atoms with Gasteiger partial charge in [-0.3, -0.25) is 0 Å². The molecule has 0 aliphatic heterocycles. The van der Waals surface area contributed by atoms with Gasteiger partial charge in [-0.05, 0) is 90.7 Å². The van der Waals surface area contributed by atoms with Gasteiger partial charge in [-0.25, -0.2) is 4.39 Å². The molecule has 0 heterocycles. The van der Waals surface area contributed by atoms with E-state index in [9.17, 15) is 0 Å². The van der Waals surface area contributed by atoms with Crippen LogP contribution in [0.5, 0.6) is 5.75 Å². The lowest BCUT2D eigenvalue weighted by atomic mass is 9.63. The Morgan fingerprint density at radius 2 is 1.58 bits per heavy atom. The fourth-order valence-electron chi connectivity index (χ4n) is 6.15. The minimum atomic E-state index is -0.109. The van der Waals surface area contributed by atoms with Crippen molar-refractivity contribution in [3.63, 3.8) is 0 Å². The summed E-state index contributed by atoms with van der Waals surface area (Å²) in [5.41, 5.74) is 3.89. The maximum Gasteiger partial charge on any atom is 0.131 e. The number of benzene rings is 3. The molecule has 172 valence electrons. The molecule has 2 saturated carbocycles. The summed E-state index contributed by atoms with van der Waals surface area (Å²) in [6, 6.07) is 23.8. The van der Waals surface area contributed by atoms with E-state index in [0.29, 0.717) is 18.1 Å². The van der Waals surface area contributed by atoms with Crippen LogP contribution < -0.4 is 4.74 Å². The minimum absolute atomic E-state index is 0.109. The maximum atomic E-state index is 15.2. The summed E-state index contributed by atoms with van der Waals surface area (Å²) in [5, 5.41) is 0. The molecular weight excluding hydrogens is 407 g/mol. The third kappa shape index (κ3) is 5.16. The van der Waals surface area contributed by atoms with Crippen LogP contribution in [0.2, 0.25) is 0 Å². The fraction of sp³-hybridized carbons (Fsp3) is 0.419. The molecule has 4 atom stereocenters. The Balaban J connectivity index is 1.23. The van der Waals surface area contributed by atoms with Gasteiger partial charge < -0.3 is 4.74 Å². The second-order valence-electron chi connectivity index (χ2n) is 10.2. The summed E-state index contributed by atoms with van der Waals surface area (Å²) in [6.07, 6.45) is 9.30. The topological polar surface area (TPSA) is 9.23 Å². The molecule has 0 radical (unpaired) electrons. The van der Waals surface area contributed by atoms with Crippen molar-refractivity contribution in [2.75, 3.05) is 0 Å². The molecule has 2 fully saturated rings. The SMILES string of the molecule is CCC1CCC2CC(c3ccc(-c4ccc(OCc5ccccc5)cc4)c(F)c3)CCC2C1. The lowest BCUT2D eigenvalue weighted by Gasteiger charge is -2.42. The van der Waals surface area contributed by atoms with Crippen molar-refractivity contribution in [1.82, 2.24) is 0 Å². The normalized spacial score (nSPS) is 24.8. The molecule has 2 aliphatic rings. The van der Waals surface area contributed by atoms with E-state index in [-0.39, 0.29) is 5.82 Å². The number of hydrogen-bond donors (Lipinski definition) is 0. The van der Waals surface area contributed by atoms with Crippen molar-refractivity contribution in [2.45, 2.75) is 64.4 Å². The summed E-state index contributed by atoms with van der Waals surface area (Å²) < 4.78 is 21.0. The zero-order chi connectivity index (χ0) is 22.6. The van der Waals surface area contributed by atoms with Crippen molar-refractivity contribution >= 4 is 0 Å². The van der Waals surface area contributed by atoms with Crippen molar-refractivity contribution < 1.29 is 9.13 Å². The summed E-state index contributed by atoms with van der Waals surface area (Å²) in [4.78, 5) is 0. The minimum Gasteiger partial charge on any atom is -0.489 e. The molecule has 2 heteroatoms. The van der Waals surface area contributed by atoms with Crippen LogP contribution in [-0.2, 0) is 6.61 Å². The van der Waals surface area contributed by atoms with Gasteiger partial charge in [-0.2, -0.15) is 0 Å². The summed E-state index contributed by atoms with van der Waals surface area (Å²) in [6.45, 7) is 2.87. The monoisotopic (exact) mass is 442 g/mol. The van der Waals surface area contributed by atoms with E-state index in [0.717, 1.165) is 34.6 Å². The van der Waals surface area contributed by atoms with Gasteiger partial charge in [0.1, 0.15) is 18.2 Å². The van der Waals surface area contributed by atoms with Gasteiger partial charge in [-0.1, -0.05) is 74.4 Å². The van der Waals surface area contributed by atoms with E-state index in [1.165, 1.54) is 50.5 Å². The Kier molecular flexibility index (Phi) is 6.80. The predicted molar refractivity (Wildman–Crippen MR) is 134 cm³/mol. The number of ether oxygens (including phenoxy) is 1. The molecule has 5 rings (SSSR count). The van der Waals surface area contributed by atoms with Gasteiger partial charge in [0.05, 0.1) is 0 Å². The molecule has 2 aliphatic carbocycles. The Hall–Kier alpha value is -2.61. The highest BCUT2D eigenvalue weighted by molar-refractivity contribution is 5.65. The Morgan fingerprint density at radius 1 is 0.818 bits per heavy atom. The molecule has 33 heavy (non-hydrogen) atoms. The fourth-order valence-corrected chi connectivity index (χ4v) is 6.15. The van der Waals surface area contributed by atoms with E-state index in [1.807, 2.05) is 60.7 Å². The van der Waals surface area contributed by atoms with Gasteiger partial charge in [0.15, 0.2) is 0 Å². The predicted octanol–water partition coefficient (Wildman–Crippen LogP) is 8.78. The zero-order valence-electron chi connectivity index (χ0n) is 19.7. The highest BCUT2D eigenvalue weighted by Gasteiger charge is 2.35. The number of hydrogen-bond acceptors (Lipinski definition) is 1. The average Bonchev–Trinajstić information content (AvgIpc) is 2.88. The number of fused-ring (bicyclic) bond motifs is 1. The quantitative estimate of drug-likeness (QED) is 0.371. The molecular formula is C31H35FO. The first-order valence-corrected chi connectivity index (χ1v) is 12.8. The van der Waals surface area contributed by atoms with Crippen LogP contribution in [0.1, 0.15) is 68.9 Å². The van der Waals surface area contributed by atoms with Crippen LogP contribution in [0, 0.1) is 23.6 Å². The molecule has 0 aromatic heterocycles. The van der Waals surface area contributed by atoms with Crippen LogP contribution in [0.25, 0.3) is 11.1 Å². The van der Waals surface area contributed by atoms with Crippen molar-refractivity contribution in [3.8, 4) is 16.9 Å². The molecule has 3 aromatic rings. The van der Waals surface area contributed by atoms with Crippen LogP contribution in [-0.4, -0.2) is 0 Å².